The Morgan fingerprint density at radius 3 is 2.77 bits per heavy atom. The van der Waals surface area contributed by atoms with Gasteiger partial charge in [0.15, 0.2) is 4.34 Å². The number of carbonyl (C=O) groups excluding carboxylic acids is 1. The Labute approximate surface area is 159 Å². The minimum absolute atomic E-state index is 0.0288. The summed E-state index contributed by atoms with van der Waals surface area (Å²) in [6, 6.07) is 15.7. The van der Waals surface area contributed by atoms with Crippen LogP contribution in [-0.2, 0) is 11.2 Å². The first-order valence-corrected chi connectivity index (χ1v) is 9.96. The third-order valence-corrected chi connectivity index (χ3v) is 6.55. The molecule has 4 rings (SSSR count). The van der Waals surface area contributed by atoms with E-state index in [0.29, 0.717) is 0 Å². The summed E-state index contributed by atoms with van der Waals surface area (Å²) in [6.45, 7) is 0. The first-order valence-electron chi connectivity index (χ1n) is 8.26. The lowest BCUT2D eigenvalue weighted by Crippen LogP contribution is -2.23. The number of nitrogens with zero attached hydrogens (tertiary/aromatic N) is 2. The van der Waals surface area contributed by atoms with Crippen LogP contribution in [0, 0.1) is 0 Å². The average Bonchev–Trinajstić information content (AvgIpc) is 3.08. The molecule has 0 saturated heterocycles. The van der Waals surface area contributed by atoms with Crippen LogP contribution in [0.3, 0.4) is 0 Å². The first kappa shape index (κ1) is 17.1. The number of fused-ring (bicyclic) bond motifs is 1. The predicted molar refractivity (Wildman–Crippen MR) is 105 cm³/mol. The fourth-order valence-corrected chi connectivity index (χ4v) is 4.93. The number of aryl methyl sites for hydroxylation is 1. The quantitative estimate of drug-likeness (QED) is 0.729. The van der Waals surface area contributed by atoms with Crippen LogP contribution < -0.4 is 10.1 Å². The Bertz CT molecular complexity index is 925. The highest BCUT2D eigenvalue weighted by molar-refractivity contribution is 8.02. The van der Waals surface area contributed by atoms with Gasteiger partial charge in [0.2, 0.25) is 5.91 Å². The number of aromatic nitrogens is 2. The van der Waals surface area contributed by atoms with E-state index in [9.17, 15) is 4.79 Å². The number of hydrogen-bond donors (Lipinski definition) is 1. The molecule has 26 heavy (non-hydrogen) atoms. The summed E-state index contributed by atoms with van der Waals surface area (Å²) < 4.78 is 5.99. The molecule has 1 atom stereocenters. The van der Waals surface area contributed by atoms with Gasteiger partial charge in [-0.2, -0.15) is 0 Å². The molecular weight excluding hydrogens is 366 g/mol. The fraction of sp³-hybridized carbons (Fsp3) is 0.211. The van der Waals surface area contributed by atoms with Crippen LogP contribution in [0.15, 0.2) is 52.9 Å². The van der Waals surface area contributed by atoms with Crippen LogP contribution in [0.5, 0.6) is 5.75 Å². The highest BCUT2D eigenvalue weighted by atomic mass is 32.2. The summed E-state index contributed by atoms with van der Waals surface area (Å²) in [6.07, 6.45) is 1.65. The summed E-state index contributed by atoms with van der Waals surface area (Å²) in [7, 11) is 1.64. The van der Waals surface area contributed by atoms with Crippen LogP contribution >= 0.6 is 23.1 Å². The molecule has 0 aliphatic carbocycles. The van der Waals surface area contributed by atoms with Crippen molar-refractivity contribution in [2.24, 2.45) is 0 Å². The number of hydrogen-bond acceptors (Lipinski definition) is 6. The summed E-state index contributed by atoms with van der Waals surface area (Å²) in [5.74, 6) is 0.837. The maximum atomic E-state index is 12.5. The maximum absolute atomic E-state index is 12.5. The van der Waals surface area contributed by atoms with Crippen molar-refractivity contribution in [1.82, 2.24) is 10.2 Å². The van der Waals surface area contributed by atoms with Crippen molar-refractivity contribution >= 4 is 34.7 Å². The lowest BCUT2D eigenvalue weighted by Gasteiger charge is -2.10. The van der Waals surface area contributed by atoms with Gasteiger partial charge in [0.25, 0.3) is 0 Å². The standard InChI is InChI=1S/C19H17N3O2S2/c1-24-14-9-6-13(7-10-14)18-21-22-19(26-18)25-16-11-8-12-4-2-3-5-15(12)20-17(16)23/h2-7,9-10,16H,8,11H2,1H3,(H,20,23)/t16-/m1/s1. The maximum Gasteiger partial charge on any atom is 0.237 e. The molecule has 2 heterocycles. The summed E-state index contributed by atoms with van der Waals surface area (Å²) in [5.41, 5.74) is 3.09. The molecule has 0 saturated carbocycles. The number of thioether (sulfide) groups is 1. The topological polar surface area (TPSA) is 64.1 Å². The molecule has 1 aromatic heterocycles. The Balaban J connectivity index is 1.48. The third kappa shape index (κ3) is 3.59. The van der Waals surface area contributed by atoms with E-state index < -0.39 is 0 Å². The van der Waals surface area contributed by atoms with Crippen LogP contribution in [0.1, 0.15) is 12.0 Å². The van der Waals surface area contributed by atoms with Crippen molar-refractivity contribution in [3.05, 3.63) is 54.1 Å². The van der Waals surface area contributed by atoms with E-state index in [0.717, 1.165) is 39.2 Å². The number of methoxy groups -OCH3 is 1. The normalized spacial score (nSPS) is 16.5. The second kappa shape index (κ2) is 7.47. The van der Waals surface area contributed by atoms with Crippen molar-refractivity contribution in [3.63, 3.8) is 0 Å². The smallest absolute Gasteiger partial charge is 0.237 e. The first-order chi connectivity index (χ1) is 12.7. The number of ether oxygens (including phenoxy) is 1. The molecule has 2 aromatic carbocycles. The number of carbonyl (C=O) groups is 1. The van der Waals surface area contributed by atoms with Crippen LogP contribution in [0.25, 0.3) is 10.6 Å². The summed E-state index contributed by atoms with van der Waals surface area (Å²) in [4.78, 5) is 12.5. The zero-order valence-electron chi connectivity index (χ0n) is 14.1. The molecule has 5 nitrogen and oxygen atoms in total. The van der Waals surface area contributed by atoms with E-state index in [4.69, 9.17) is 4.74 Å². The van der Waals surface area contributed by atoms with E-state index in [-0.39, 0.29) is 11.2 Å². The van der Waals surface area contributed by atoms with Gasteiger partial charge < -0.3 is 10.1 Å². The van der Waals surface area contributed by atoms with Crippen LogP contribution in [0.2, 0.25) is 0 Å². The molecule has 132 valence electrons. The number of benzene rings is 2. The molecule has 1 aliphatic heterocycles. The van der Waals surface area contributed by atoms with Gasteiger partial charge in [-0.3, -0.25) is 4.79 Å². The molecule has 0 bridgehead atoms. The fourth-order valence-electron chi connectivity index (χ4n) is 2.83. The molecule has 0 radical (unpaired) electrons. The molecule has 3 aromatic rings. The highest BCUT2D eigenvalue weighted by Crippen LogP contribution is 2.35. The van der Waals surface area contributed by atoms with Crippen molar-refractivity contribution in [3.8, 4) is 16.3 Å². The van der Waals surface area contributed by atoms with Crippen LogP contribution in [0.4, 0.5) is 5.69 Å². The number of nitrogens with one attached hydrogen (secondary N) is 1. The van der Waals surface area contributed by atoms with Gasteiger partial charge >= 0.3 is 0 Å². The van der Waals surface area contributed by atoms with E-state index in [1.54, 1.807) is 7.11 Å². The Morgan fingerprint density at radius 1 is 1.15 bits per heavy atom. The van der Waals surface area contributed by atoms with E-state index in [2.05, 4.69) is 21.6 Å². The van der Waals surface area contributed by atoms with Crippen molar-refractivity contribution < 1.29 is 9.53 Å². The molecule has 1 aliphatic rings. The Kier molecular flexibility index (Phi) is 4.90. The molecule has 0 spiro atoms. The van der Waals surface area contributed by atoms with Gasteiger partial charge in [-0.05, 0) is 48.7 Å². The average molecular weight is 383 g/mol. The third-order valence-electron chi connectivity index (χ3n) is 4.23. The molecular formula is C19H17N3O2S2. The zero-order chi connectivity index (χ0) is 17.9. The summed E-state index contributed by atoms with van der Waals surface area (Å²) >= 11 is 2.99. The number of anilines is 1. The van der Waals surface area contributed by atoms with Gasteiger partial charge in [0, 0.05) is 11.3 Å². The van der Waals surface area contributed by atoms with Crippen LogP contribution in [-0.4, -0.2) is 28.5 Å². The SMILES string of the molecule is COc1ccc(-c2nnc(S[C@@H]3CCc4ccccc4NC3=O)s2)cc1. The Morgan fingerprint density at radius 2 is 1.96 bits per heavy atom. The molecule has 0 fully saturated rings. The number of amides is 1. The zero-order valence-corrected chi connectivity index (χ0v) is 15.8. The monoisotopic (exact) mass is 383 g/mol. The summed E-state index contributed by atoms with van der Waals surface area (Å²) in [5, 5.41) is 12.2. The van der Waals surface area contributed by atoms with Crippen molar-refractivity contribution in [1.29, 1.82) is 0 Å². The van der Waals surface area contributed by atoms with Gasteiger partial charge in [-0.25, -0.2) is 0 Å². The number of para-hydroxylation sites is 1. The minimum atomic E-state index is -0.168. The molecule has 1 amide bonds. The largest absolute Gasteiger partial charge is 0.497 e. The van der Waals surface area contributed by atoms with Crippen molar-refractivity contribution in [2.75, 3.05) is 12.4 Å². The number of rotatable bonds is 4. The van der Waals surface area contributed by atoms with E-state index >= 15 is 0 Å². The lowest BCUT2D eigenvalue weighted by atomic mass is 10.1. The highest BCUT2D eigenvalue weighted by Gasteiger charge is 2.25. The molecule has 0 unspecified atom stereocenters. The minimum Gasteiger partial charge on any atom is -0.497 e. The van der Waals surface area contributed by atoms with E-state index in [1.807, 2.05) is 42.5 Å². The lowest BCUT2D eigenvalue weighted by molar-refractivity contribution is -0.115. The van der Waals surface area contributed by atoms with Crippen molar-refractivity contribution in [2.45, 2.75) is 22.4 Å². The Hall–Kier alpha value is -2.38. The molecule has 7 heteroatoms. The predicted octanol–water partition coefficient (Wildman–Crippen LogP) is 4.26. The van der Waals surface area contributed by atoms with Gasteiger partial charge in [0.1, 0.15) is 10.8 Å². The van der Waals surface area contributed by atoms with E-state index in [1.165, 1.54) is 28.7 Å². The second-order valence-electron chi connectivity index (χ2n) is 5.89. The molecule has 1 N–H and O–H groups in total. The van der Waals surface area contributed by atoms with Gasteiger partial charge in [-0.15, -0.1) is 10.2 Å². The van der Waals surface area contributed by atoms with Gasteiger partial charge in [0.05, 0.1) is 12.4 Å². The van der Waals surface area contributed by atoms with Gasteiger partial charge in [-0.1, -0.05) is 41.3 Å². The second-order valence-corrected chi connectivity index (χ2v) is 8.32.